The molecule has 0 aliphatic heterocycles. The molecule has 2 N–H and O–H groups in total. The van der Waals surface area contributed by atoms with Gasteiger partial charge in [0.15, 0.2) is 0 Å². The van der Waals surface area contributed by atoms with E-state index in [9.17, 15) is 10.1 Å². The second-order valence-electron chi connectivity index (χ2n) is 6.69. The van der Waals surface area contributed by atoms with Crippen molar-refractivity contribution >= 4 is 50.5 Å². The van der Waals surface area contributed by atoms with Gasteiger partial charge in [-0.25, -0.2) is 9.97 Å². The summed E-state index contributed by atoms with van der Waals surface area (Å²) in [4.78, 5) is 28.4. The Morgan fingerprint density at radius 1 is 0.677 bits per heavy atom. The molecule has 0 aliphatic carbocycles. The van der Waals surface area contributed by atoms with Crippen molar-refractivity contribution < 1.29 is 4.92 Å². The summed E-state index contributed by atoms with van der Waals surface area (Å²) in [6.07, 6.45) is 4.61. The number of hydrogen-bond donors (Lipinski definition) is 2. The molecule has 5 rings (SSSR count). The molecular formula is C22H15N7O2. The number of aromatic nitrogens is 4. The molecule has 0 aliphatic rings. The molecule has 0 spiro atoms. The Balaban J connectivity index is 1.59. The standard InChI is InChI=1S/C22H15N7O2/c30-29(31)20-21(27-16-9-1-5-14-7-3-11-23-18(14)16)25-13-26-22(20)28-17-10-2-6-15-8-4-12-24-19(15)17/h1-13H,(H2,25,26,27,28). The molecule has 0 saturated carbocycles. The van der Waals surface area contributed by atoms with E-state index in [1.807, 2.05) is 48.5 Å². The number of benzene rings is 2. The minimum atomic E-state index is -0.512. The number of nitro groups is 1. The van der Waals surface area contributed by atoms with Crippen molar-refractivity contribution in [1.29, 1.82) is 0 Å². The van der Waals surface area contributed by atoms with Gasteiger partial charge in [0.2, 0.25) is 11.6 Å². The summed E-state index contributed by atoms with van der Waals surface area (Å²) in [5.74, 6) is 0.127. The third-order valence-electron chi connectivity index (χ3n) is 4.78. The first-order chi connectivity index (χ1) is 15.2. The van der Waals surface area contributed by atoms with Crippen LogP contribution in [0.1, 0.15) is 0 Å². The van der Waals surface area contributed by atoms with Crippen LogP contribution in [-0.2, 0) is 0 Å². The molecule has 9 nitrogen and oxygen atoms in total. The second-order valence-corrected chi connectivity index (χ2v) is 6.69. The van der Waals surface area contributed by atoms with Gasteiger partial charge in [0.1, 0.15) is 6.33 Å². The van der Waals surface area contributed by atoms with E-state index >= 15 is 0 Å². The van der Waals surface area contributed by atoms with Gasteiger partial charge in [0.05, 0.1) is 27.3 Å². The highest BCUT2D eigenvalue weighted by Gasteiger charge is 2.24. The van der Waals surface area contributed by atoms with Crippen molar-refractivity contribution in [2.24, 2.45) is 0 Å². The van der Waals surface area contributed by atoms with Crippen molar-refractivity contribution in [2.75, 3.05) is 10.6 Å². The van der Waals surface area contributed by atoms with Crippen LogP contribution in [0.15, 0.2) is 79.4 Å². The van der Waals surface area contributed by atoms with Crippen LogP contribution in [0.25, 0.3) is 21.8 Å². The average Bonchev–Trinajstić information content (AvgIpc) is 2.79. The zero-order valence-electron chi connectivity index (χ0n) is 16.1. The van der Waals surface area contributed by atoms with E-state index in [-0.39, 0.29) is 17.3 Å². The van der Waals surface area contributed by atoms with E-state index in [1.165, 1.54) is 6.33 Å². The van der Waals surface area contributed by atoms with Crippen LogP contribution >= 0.6 is 0 Å². The molecular weight excluding hydrogens is 394 g/mol. The van der Waals surface area contributed by atoms with Gasteiger partial charge in [-0.15, -0.1) is 0 Å². The summed E-state index contributed by atoms with van der Waals surface area (Å²) in [5, 5.41) is 19.9. The number of anilines is 4. The summed E-state index contributed by atoms with van der Waals surface area (Å²) in [5.41, 5.74) is 2.31. The van der Waals surface area contributed by atoms with E-state index in [0.29, 0.717) is 22.4 Å². The molecule has 150 valence electrons. The van der Waals surface area contributed by atoms with Crippen molar-refractivity contribution in [1.82, 2.24) is 19.9 Å². The molecule has 0 radical (unpaired) electrons. The number of pyridine rings is 2. The van der Waals surface area contributed by atoms with Crippen LogP contribution < -0.4 is 10.6 Å². The van der Waals surface area contributed by atoms with Gasteiger partial charge in [-0.1, -0.05) is 36.4 Å². The Morgan fingerprint density at radius 2 is 1.16 bits per heavy atom. The number of rotatable bonds is 5. The van der Waals surface area contributed by atoms with Gasteiger partial charge in [-0.2, -0.15) is 0 Å². The van der Waals surface area contributed by atoms with E-state index in [1.54, 1.807) is 24.5 Å². The fraction of sp³-hybridized carbons (Fsp3) is 0. The molecule has 0 fully saturated rings. The van der Waals surface area contributed by atoms with Crippen LogP contribution in [0.4, 0.5) is 28.7 Å². The average molecular weight is 409 g/mol. The molecule has 3 heterocycles. The molecule has 3 aromatic heterocycles. The van der Waals surface area contributed by atoms with Crippen LogP contribution in [0, 0.1) is 10.1 Å². The number of nitrogens with zero attached hydrogens (tertiary/aromatic N) is 5. The molecule has 0 saturated heterocycles. The predicted molar refractivity (Wildman–Crippen MR) is 119 cm³/mol. The Labute approximate surface area is 176 Å². The minimum Gasteiger partial charge on any atom is -0.332 e. The smallest absolute Gasteiger partial charge is 0.332 e. The largest absolute Gasteiger partial charge is 0.353 e. The van der Waals surface area contributed by atoms with Gasteiger partial charge in [0, 0.05) is 23.2 Å². The van der Waals surface area contributed by atoms with Gasteiger partial charge >= 0.3 is 5.69 Å². The molecule has 2 aromatic carbocycles. The number of para-hydroxylation sites is 2. The Morgan fingerprint density at radius 3 is 1.65 bits per heavy atom. The topological polar surface area (TPSA) is 119 Å². The quantitative estimate of drug-likeness (QED) is 0.308. The van der Waals surface area contributed by atoms with Gasteiger partial charge in [-0.3, -0.25) is 20.1 Å². The highest BCUT2D eigenvalue weighted by molar-refractivity contribution is 5.95. The summed E-state index contributed by atoms with van der Waals surface area (Å²) < 4.78 is 0. The number of fused-ring (bicyclic) bond motifs is 2. The summed E-state index contributed by atoms with van der Waals surface area (Å²) >= 11 is 0. The molecule has 0 amide bonds. The maximum atomic E-state index is 12.0. The first kappa shape index (κ1) is 18.4. The van der Waals surface area contributed by atoms with Crippen molar-refractivity contribution in [3.8, 4) is 0 Å². The summed E-state index contributed by atoms with van der Waals surface area (Å²) in [6, 6.07) is 18.6. The lowest BCUT2D eigenvalue weighted by Crippen LogP contribution is -2.06. The number of hydrogen-bond acceptors (Lipinski definition) is 8. The fourth-order valence-corrected chi connectivity index (χ4v) is 3.40. The van der Waals surface area contributed by atoms with Crippen LogP contribution in [0.2, 0.25) is 0 Å². The van der Waals surface area contributed by atoms with Gasteiger partial charge < -0.3 is 10.6 Å². The van der Waals surface area contributed by atoms with Crippen LogP contribution in [0.5, 0.6) is 0 Å². The fourth-order valence-electron chi connectivity index (χ4n) is 3.40. The first-order valence-electron chi connectivity index (χ1n) is 9.41. The Bertz CT molecular complexity index is 1330. The minimum absolute atomic E-state index is 0.0637. The lowest BCUT2D eigenvalue weighted by atomic mass is 10.2. The third kappa shape index (κ3) is 3.44. The van der Waals surface area contributed by atoms with Crippen molar-refractivity contribution in [2.45, 2.75) is 0 Å². The second kappa shape index (κ2) is 7.64. The summed E-state index contributed by atoms with van der Waals surface area (Å²) in [6.45, 7) is 0. The molecule has 5 aromatic rings. The molecule has 0 unspecified atom stereocenters. The lowest BCUT2D eigenvalue weighted by molar-refractivity contribution is -0.383. The highest BCUT2D eigenvalue weighted by atomic mass is 16.6. The maximum absolute atomic E-state index is 12.0. The van der Waals surface area contributed by atoms with Gasteiger partial charge in [-0.05, 0) is 24.3 Å². The monoisotopic (exact) mass is 409 g/mol. The van der Waals surface area contributed by atoms with Crippen molar-refractivity contribution in [3.63, 3.8) is 0 Å². The third-order valence-corrected chi connectivity index (χ3v) is 4.78. The Kier molecular flexibility index (Phi) is 4.53. The first-order valence-corrected chi connectivity index (χ1v) is 9.41. The zero-order chi connectivity index (χ0) is 21.2. The van der Waals surface area contributed by atoms with Gasteiger partial charge in [0.25, 0.3) is 0 Å². The van der Waals surface area contributed by atoms with E-state index in [4.69, 9.17) is 0 Å². The maximum Gasteiger partial charge on any atom is 0.353 e. The zero-order valence-corrected chi connectivity index (χ0v) is 16.1. The highest BCUT2D eigenvalue weighted by Crippen LogP contribution is 2.35. The van der Waals surface area contributed by atoms with Crippen molar-refractivity contribution in [3.05, 3.63) is 89.5 Å². The predicted octanol–water partition coefficient (Wildman–Crippen LogP) is 4.97. The van der Waals surface area contributed by atoms with E-state index < -0.39 is 4.92 Å². The lowest BCUT2D eigenvalue weighted by Gasteiger charge is -2.12. The van der Waals surface area contributed by atoms with Crippen LogP contribution in [0.3, 0.4) is 0 Å². The normalized spacial score (nSPS) is 10.8. The van der Waals surface area contributed by atoms with E-state index in [2.05, 4.69) is 30.6 Å². The molecule has 9 heteroatoms. The molecule has 0 bridgehead atoms. The number of nitrogens with one attached hydrogen (secondary N) is 2. The molecule has 0 atom stereocenters. The van der Waals surface area contributed by atoms with Crippen LogP contribution in [-0.4, -0.2) is 24.9 Å². The van der Waals surface area contributed by atoms with E-state index in [0.717, 1.165) is 10.8 Å². The summed E-state index contributed by atoms with van der Waals surface area (Å²) in [7, 11) is 0. The SMILES string of the molecule is O=[N+]([O-])c1c(Nc2cccc3cccnc23)ncnc1Nc1cccc2cccnc12. The molecule has 31 heavy (non-hydrogen) atoms. The Hall–Kier alpha value is -4.66.